The summed E-state index contributed by atoms with van der Waals surface area (Å²) in [6.45, 7) is 9.86. The van der Waals surface area contributed by atoms with E-state index in [1.807, 2.05) is 18.2 Å². The number of aliphatic hydroxyl groups is 1. The fourth-order valence-electron chi connectivity index (χ4n) is 2.66. The van der Waals surface area contributed by atoms with Gasteiger partial charge >= 0.3 is 0 Å². The van der Waals surface area contributed by atoms with Crippen LogP contribution >= 0.6 is 0 Å². The maximum Gasteiger partial charge on any atom is 0.0931 e. The van der Waals surface area contributed by atoms with E-state index < -0.39 is 6.10 Å². The number of pyridine rings is 1. The van der Waals surface area contributed by atoms with Crippen LogP contribution < -0.4 is 11.1 Å². The van der Waals surface area contributed by atoms with Gasteiger partial charge in [-0.2, -0.15) is 0 Å². The summed E-state index contributed by atoms with van der Waals surface area (Å²) in [6.07, 6.45) is 1.62. The Bertz CT molecular complexity index is 467. The molecular formula is C19H37N5O. The van der Waals surface area contributed by atoms with Gasteiger partial charge in [-0.15, -0.1) is 0 Å². The van der Waals surface area contributed by atoms with Gasteiger partial charge in [-0.3, -0.25) is 4.98 Å². The van der Waals surface area contributed by atoms with E-state index in [1.165, 1.54) is 0 Å². The van der Waals surface area contributed by atoms with Crippen molar-refractivity contribution < 1.29 is 5.11 Å². The summed E-state index contributed by atoms with van der Waals surface area (Å²) >= 11 is 0. The second-order valence-electron chi connectivity index (χ2n) is 6.98. The van der Waals surface area contributed by atoms with Crippen molar-refractivity contribution in [1.29, 1.82) is 0 Å². The lowest BCUT2D eigenvalue weighted by Gasteiger charge is -2.24. The minimum Gasteiger partial charge on any atom is -0.387 e. The third-order valence-electron chi connectivity index (χ3n) is 4.31. The molecule has 0 saturated carbocycles. The standard InChI is InChI=1S/C19H37N5O/c1-16(18-8-5-9-19(22-18)17(2)25)21-11-7-13-24(12-6-10-20)15-14-23(3)4/h5,8-9,16-17,21,25H,6-7,10-15,20H2,1-4H3. The number of hydrogen-bond acceptors (Lipinski definition) is 6. The van der Waals surface area contributed by atoms with Crippen LogP contribution in [0.25, 0.3) is 0 Å². The van der Waals surface area contributed by atoms with Crippen molar-refractivity contribution in [3.05, 3.63) is 29.6 Å². The highest BCUT2D eigenvalue weighted by Gasteiger charge is 2.10. The normalized spacial score (nSPS) is 14.2. The summed E-state index contributed by atoms with van der Waals surface area (Å²) in [4.78, 5) is 9.24. The molecule has 2 unspecified atom stereocenters. The van der Waals surface area contributed by atoms with Crippen molar-refractivity contribution in [2.75, 3.05) is 53.4 Å². The maximum atomic E-state index is 9.66. The van der Waals surface area contributed by atoms with Gasteiger partial charge in [0.15, 0.2) is 0 Å². The molecule has 144 valence electrons. The van der Waals surface area contributed by atoms with Gasteiger partial charge in [-0.1, -0.05) is 6.07 Å². The van der Waals surface area contributed by atoms with Gasteiger partial charge in [0, 0.05) is 19.1 Å². The third kappa shape index (κ3) is 9.28. The number of hydrogen-bond donors (Lipinski definition) is 3. The largest absolute Gasteiger partial charge is 0.387 e. The fraction of sp³-hybridized carbons (Fsp3) is 0.737. The number of likely N-dealkylation sites (N-methyl/N-ethyl adjacent to an activating group) is 1. The molecule has 0 aliphatic carbocycles. The first-order chi connectivity index (χ1) is 11.9. The minimum atomic E-state index is -0.528. The molecule has 25 heavy (non-hydrogen) atoms. The molecule has 1 aromatic heterocycles. The van der Waals surface area contributed by atoms with E-state index in [4.69, 9.17) is 5.73 Å². The van der Waals surface area contributed by atoms with Crippen LogP contribution in [0, 0.1) is 0 Å². The predicted molar refractivity (Wildman–Crippen MR) is 105 cm³/mol. The van der Waals surface area contributed by atoms with Crippen LogP contribution in [0.15, 0.2) is 18.2 Å². The fourth-order valence-corrected chi connectivity index (χ4v) is 2.66. The quantitative estimate of drug-likeness (QED) is 0.466. The van der Waals surface area contributed by atoms with Gasteiger partial charge in [-0.25, -0.2) is 0 Å². The molecule has 0 aliphatic heterocycles. The summed E-state index contributed by atoms with van der Waals surface area (Å²) in [5, 5.41) is 13.2. The van der Waals surface area contributed by atoms with E-state index >= 15 is 0 Å². The van der Waals surface area contributed by atoms with E-state index in [-0.39, 0.29) is 6.04 Å². The van der Waals surface area contributed by atoms with E-state index in [2.05, 4.69) is 41.1 Å². The number of nitrogens with zero attached hydrogens (tertiary/aromatic N) is 3. The van der Waals surface area contributed by atoms with Crippen molar-refractivity contribution in [3.8, 4) is 0 Å². The second kappa shape index (κ2) is 12.3. The number of nitrogens with two attached hydrogens (primary N) is 1. The van der Waals surface area contributed by atoms with Crippen LogP contribution in [0.4, 0.5) is 0 Å². The van der Waals surface area contributed by atoms with Crippen molar-refractivity contribution in [2.24, 2.45) is 5.73 Å². The molecule has 0 spiro atoms. The second-order valence-corrected chi connectivity index (χ2v) is 6.98. The Hall–Kier alpha value is -1.05. The number of aliphatic hydroxyl groups excluding tert-OH is 1. The average Bonchev–Trinajstić information content (AvgIpc) is 2.59. The van der Waals surface area contributed by atoms with E-state index in [0.29, 0.717) is 0 Å². The smallest absolute Gasteiger partial charge is 0.0931 e. The maximum absolute atomic E-state index is 9.66. The minimum absolute atomic E-state index is 0.179. The van der Waals surface area contributed by atoms with E-state index in [9.17, 15) is 5.11 Å². The molecule has 0 fully saturated rings. The number of nitrogens with one attached hydrogen (secondary N) is 1. The Balaban J connectivity index is 2.37. The summed E-state index contributed by atoms with van der Waals surface area (Å²) in [5.41, 5.74) is 7.35. The molecule has 0 saturated heterocycles. The lowest BCUT2D eigenvalue weighted by molar-refractivity contribution is 0.194. The van der Waals surface area contributed by atoms with Crippen LogP contribution in [-0.4, -0.2) is 73.3 Å². The van der Waals surface area contributed by atoms with Crippen LogP contribution in [0.3, 0.4) is 0 Å². The Kier molecular flexibility index (Phi) is 10.8. The molecule has 1 aromatic rings. The Morgan fingerprint density at radius 2 is 1.76 bits per heavy atom. The summed E-state index contributed by atoms with van der Waals surface area (Å²) in [5.74, 6) is 0. The molecule has 0 aliphatic rings. The molecular weight excluding hydrogens is 314 g/mol. The first-order valence-corrected chi connectivity index (χ1v) is 9.39. The lowest BCUT2D eigenvalue weighted by Crippen LogP contribution is -2.35. The summed E-state index contributed by atoms with van der Waals surface area (Å²) < 4.78 is 0. The van der Waals surface area contributed by atoms with Gasteiger partial charge in [-0.05, 0) is 79.1 Å². The molecule has 1 heterocycles. The Morgan fingerprint density at radius 3 is 2.40 bits per heavy atom. The van der Waals surface area contributed by atoms with Gasteiger partial charge in [0.25, 0.3) is 0 Å². The lowest BCUT2D eigenvalue weighted by atomic mass is 10.1. The third-order valence-corrected chi connectivity index (χ3v) is 4.31. The van der Waals surface area contributed by atoms with E-state index in [0.717, 1.165) is 63.5 Å². The first kappa shape index (κ1) is 22.0. The van der Waals surface area contributed by atoms with Crippen molar-refractivity contribution in [1.82, 2.24) is 20.1 Å². The molecule has 0 radical (unpaired) electrons. The molecule has 0 bridgehead atoms. The average molecular weight is 352 g/mol. The molecule has 4 N–H and O–H groups in total. The number of aromatic nitrogens is 1. The Labute approximate surface area is 153 Å². The molecule has 0 aromatic carbocycles. The summed E-state index contributed by atoms with van der Waals surface area (Å²) in [6, 6.07) is 6.01. The molecule has 2 atom stereocenters. The van der Waals surface area contributed by atoms with Crippen LogP contribution in [-0.2, 0) is 0 Å². The first-order valence-electron chi connectivity index (χ1n) is 9.39. The highest BCUT2D eigenvalue weighted by atomic mass is 16.3. The van der Waals surface area contributed by atoms with Crippen molar-refractivity contribution >= 4 is 0 Å². The van der Waals surface area contributed by atoms with Crippen LogP contribution in [0.5, 0.6) is 0 Å². The SMILES string of the molecule is CC(O)c1cccc(C(C)NCCCN(CCCN)CCN(C)C)n1. The predicted octanol–water partition coefficient (Wildman–Crippen LogP) is 1.39. The topological polar surface area (TPSA) is 77.6 Å². The van der Waals surface area contributed by atoms with Gasteiger partial charge in [0.2, 0.25) is 0 Å². The molecule has 0 amide bonds. The molecule has 1 rings (SSSR count). The monoisotopic (exact) mass is 351 g/mol. The number of rotatable bonds is 13. The molecule has 6 nitrogen and oxygen atoms in total. The summed E-state index contributed by atoms with van der Waals surface area (Å²) in [7, 11) is 4.22. The zero-order chi connectivity index (χ0) is 18.7. The van der Waals surface area contributed by atoms with Gasteiger partial charge in [0.1, 0.15) is 0 Å². The zero-order valence-corrected chi connectivity index (χ0v) is 16.4. The van der Waals surface area contributed by atoms with Crippen molar-refractivity contribution in [3.63, 3.8) is 0 Å². The highest BCUT2D eigenvalue weighted by molar-refractivity contribution is 5.15. The van der Waals surface area contributed by atoms with Crippen LogP contribution in [0.2, 0.25) is 0 Å². The highest BCUT2D eigenvalue weighted by Crippen LogP contribution is 2.14. The van der Waals surface area contributed by atoms with Gasteiger partial charge < -0.3 is 26.0 Å². The van der Waals surface area contributed by atoms with E-state index in [1.54, 1.807) is 6.92 Å². The van der Waals surface area contributed by atoms with Crippen molar-refractivity contribution in [2.45, 2.75) is 38.8 Å². The van der Waals surface area contributed by atoms with Crippen LogP contribution in [0.1, 0.15) is 50.2 Å². The van der Waals surface area contributed by atoms with Gasteiger partial charge in [0.05, 0.1) is 17.5 Å². The zero-order valence-electron chi connectivity index (χ0n) is 16.4. The molecule has 6 heteroatoms. The Morgan fingerprint density at radius 1 is 1.08 bits per heavy atom.